The zero-order valence-electron chi connectivity index (χ0n) is 10.7. The first-order chi connectivity index (χ1) is 8.07. The summed E-state index contributed by atoms with van der Waals surface area (Å²) in [5.41, 5.74) is 3.74. The third kappa shape index (κ3) is 2.12. The Bertz CT molecular complexity index is 431. The van der Waals surface area contributed by atoms with Crippen molar-refractivity contribution < 1.29 is 5.11 Å². The van der Waals surface area contributed by atoms with Crippen molar-refractivity contribution in [2.75, 3.05) is 13.1 Å². The number of aliphatic hydroxyl groups is 1. The highest BCUT2D eigenvalue weighted by atomic mass is 16.3. The second-order valence-corrected chi connectivity index (χ2v) is 5.95. The molecule has 2 nitrogen and oxygen atoms in total. The van der Waals surface area contributed by atoms with Crippen LogP contribution in [0.3, 0.4) is 0 Å². The minimum atomic E-state index is -0.349. The molecule has 1 aromatic carbocycles. The van der Waals surface area contributed by atoms with Gasteiger partial charge in [-0.05, 0) is 43.7 Å². The smallest absolute Gasteiger partial charge is 0.0928 e. The zero-order chi connectivity index (χ0) is 12.0. The molecule has 0 radical (unpaired) electrons. The Morgan fingerprint density at radius 3 is 2.65 bits per heavy atom. The van der Waals surface area contributed by atoms with Gasteiger partial charge in [0.2, 0.25) is 0 Å². The van der Waals surface area contributed by atoms with Gasteiger partial charge in [-0.15, -0.1) is 0 Å². The van der Waals surface area contributed by atoms with Gasteiger partial charge in [0.15, 0.2) is 0 Å². The summed E-state index contributed by atoms with van der Waals surface area (Å²) in [5, 5.41) is 10.3. The first-order valence-corrected chi connectivity index (χ1v) is 6.58. The Hall–Kier alpha value is -0.860. The largest absolute Gasteiger partial charge is 0.387 e. The van der Waals surface area contributed by atoms with E-state index in [9.17, 15) is 5.11 Å². The summed E-state index contributed by atoms with van der Waals surface area (Å²) in [4.78, 5) is 2.36. The van der Waals surface area contributed by atoms with Crippen LogP contribution in [-0.2, 0) is 6.54 Å². The fourth-order valence-corrected chi connectivity index (χ4v) is 2.93. The molecule has 2 heteroatoms. The number of β-amino-alcohol motifs (C(OH)–C–C–N with tert-alkyl or cyclic N) is 1. The maximum absolute atomic E-state index is 10.3. The molecule has 2 fully saturated rings. The maximum atomic E-state index is 10.3. The van der Waals surface area contributed by atoms with Gasteiger partial charge in [0, 0.05) is 19.6 Å². The fourth-order valence-electron chi connectivity index (χ4n) is 2.93. The van der Waals surface area contributed by atoms with E-state index in [2.05, 4.69) is 36.9 Å². The van der Waals surface area contributed by atoms with Gasteiger partial charge in [0.05, 0.1) is 5.60 Å². The predicted octanol–water partition coefficient (Wildman–Crippen LogP) is 2.26. The van der Waals surface area contributed by atoms with Crippen LogP contribution in [0.4, 0.5) is 0 Å². The summed E-state index contributed by atoms with van der Waals surface area (Å²) in [7, 11) is 0. The summed E-state index contributed by atoms with van der Waals surface area (Å²) in [6.07, 6.45) is 2.46. The molecule has 1 aliphatic heterocycles. The maximum Gasteiger partial charge on any atom is 0.0928 e. The highest BCUT2D eigenvalue weighted by molar-refractivity contribution is 5.30. The van der Waals surface area contributed by atoms with Crippen LogP contribution in [0.2, 0.25) is 0 Å². The summed E-state index contributed by atoms with van der Waals surface area (Å²) in [5.74, 6) is 0.595. The van der Waals surface area contributed by atoms with Crippen LogP contribution in [0.5, 0.6) is 0 Å². The van der Waals surface area contributed by atoms with Gasteiger partial charge in [-0.1, -0.05) is 23.8 Å². The number of hydrogen-bond acceptors (Lipinski definition) is 2. The molecule has 17 heavy (non-hydrogen) atoms. The summed E-state index contributed by atoms with van der Waals surface area (Å²) in [6.45, 7) is 7.03. The standard InChI is InChI=1S/C15H21NO/c1-11-3-4-12(2)13(7-11)8-16-9-15(17,10-16)14-5-6-14/h3-4,7,14,17H,5-6,8-10H2,1-2H3. The van der Waals surface area contributed by atoms with Crippen LogP contribution in [0.1, 0.15) is 29.5 Å². The number of aryl methyl sites for hydroxylation is 2. The highest BCUT2D eigenvalue weighted by Gasteiger charge is 2.51. The minimum absolute atomic E-state index is 0.349. The van der Waals surface area contributed by atoms with Gasteiger partial charge in [0.25, 0.3) is 0 Å². The van der Waals surface area contributed by atoms with E-state index in [1.54, 1.807) is 0 Å². The first-order valence-electron chi connectivity index (χ1n) is 6.58. The Labute approximate surface area is 103 Å². The van der Waals surface area contributed by atoms with E-state index in [1.165, 1.54) is 29.5 Å². The van der Waals surface area contributed by atoms with Gasteiger partial charge in [0.1, 0.15) is 0 Å². The second-order valence-electron chi connectivity index (χ2n) is 5.95. The van der Waals surface area contributed by atoms with Crippen molar-refractivity contribution in [3.8, 4) is 0 Å². The van der Waals surface area contributed by atoms with E-state index >= 15 is 0 Å². The lowest BCUT2D eigenvalue weighted by atomic mass is 9.88. The molecule has 2 aliphatic rings. The zero-order valence-corrected chi connectivity index (χ0v) is 10.7. The molecule has 0 aromatic heterocycles. The normalized spacial score (nSPS) is 23.5. The van der Waals surface area contributed by atoms with Crippen molar-refractivity contribution in [3.05, 3.63) is 34.9 Å². The van der Waals surface area contributed by atoms with E-state index in [4.69, 9.17) is 0 Å². The highest BCUT2D eigenvalue weighted by Crippen LogP contribution is 2.44. The number of benzene rings is 1. The molecule has 1 aliphatic carbocycles. The fraction of sp³-hybridized carbons (Fsp3) is 0.600. The van der Waals surface area contributed by atoms with Crippen LogP contribution in [0.25, 0.3) is 0 Å². The summed E-state index contributed by atoms with van der Waals surface area (Å²) < 4.78 is 0. The van der Waals surface area contributed by atoms with E-state index in [0.29, 0.717) is 5.92 Å². The molecular formula is C15H21NO. The average molecular weight is 231 g/mol. The van der Waals surface area contributed by atoms with E-state index in [0.717, 1.165) is 19.6 Å². The minimum Gasteiger partial charge on any atom is -0.387 e. The number of hydrogen-bond donors (Lipinski definition) is 1. The predicted molar refractivity (Wildman–Crippen MR) is 68.9 cm³/mol. The molecule has 0 atom stereocenters. The van der Waals surface area contributed by atoms with Crippen molar-refractivity contribution in [2.24, 2.45) is 5.92 Å². The summed E-state index contributed by atoms with van der Waals surface area (Å²) in [6, 6.07) is 6.62. The SMILES string of the molecule is Cc1ccc(C)c(CN2CC(O)(C3CC3)C2)c1. The van der Waals surface area contributed by atoms with Crippen molar-refractivity contribution >= 4 is 0 Å². The van der Waals surface area contributed by atoms with Gasteiger partial charge < -0.3 is 5.11 Å². The number of likely N-dealkylation sites (tertiary alicyclic amines) is 1. The average Bonchev–Trinajstić information content (AvgIpc) is 3.04. The molecule has 0 bridgehead atoms. The van der Waals surface area contributed by atoms with E-state index in [-0.39, 0.29) is 5.60 Å². The number of rotatable bonds is 3. The molecule has 1 heterocycles. The Kier molecular flexibility index (Phi) is 2.53. The van der Waals surface area contributed by atoms with Crippen LogP contribution in [0.15, 0.2) is 18.2 Å². The van der Waals surface area contributed by atoms with Crippen molar-refractivity contribution in [2.45, 2.75) is 38.8 Å². The second kappa shape index (κ2) is 3.82. The van der Waals surface area contributed by atoms with Gasteiger partial charge in [-0.25, -0.2) is 0 Å². The molecule has 3 rings (SSSR count). The molecule has 0 amide bonds. The lowest BCUT2D eigenvalue weighted by Gasteiger charge is -2.47. The van der Waals surface area contributed by atoms with Crippen LogP contribution in [0, 0.1) is 19.8 Å². The van der Waals surface area contributed by atoms with Crippen molar-refractivity contribution in [1.29, 1.82) is 0 Å². The molecule has 1 N–H and O–H groups in total. The Morgan fingerprint density at radius 2 is 2.00 bits per heavy atom. The molecule has 1 saturated heterocycles. The van der Waals surface area contributed by atoms with E-state index in [1.807, 2.05) is 0 Å². The third-order valence-corrected chi connectivity index (χ3v) is 4.23. The van der Waals surface area contributed by atoms with Gasteiger partial charge in [-0.2, -0.15) is 0 Å². The Morgan fingerprint density at radius 1 is 1.29 bits per heavy atom. The van der Waals surface area contributed by atoms with Crippen LogP contribution >= 0.6 is 0 Å². The molecule has 0 spiro atoms. The van der Waals surface area contributed by atoms with Crippen molar-refractivity contribution in [3.63, 3.8) is 0 Å². The van der Waals surface area contributed by atoms with E-state index < -0.39 is 0 Å². The van der Waals surface area contributed by atoms with Crippen LogP contribution in [-0.4, -0.2) is 28.7 Å². The topological polar surface area (TPSA) is 23.5 Å². The molecule has 1 aromatic rings. The van der Waals surface area contributed by atoms with Crippen molar-refractivity contribution in [1.82, 2.24) is 4.90 Å². The first kappa shape index (κ1) is 11.2. The lowest BCUT2D eigenvalue weighted by molar-refractivity contribution is -0.116. The third-order valence-electron chi connectivity index (χ3n) is 4.23. The lowest BCUT2D eigenvalue weighted by Crippen LogP contribution is -2.62. The summed E-state index contributed by atoms with van der Waals surface area (Å²) >= 11 is 0. The Balaban J connectivity index is 1.63. The monoisotopic (exact) mass is 231 g/mol. The quantitative estimate of drug-likeness (QED) is 0.862. The van der Waals surface area contributed by atoms with Crippen LogP contribution < -0.4 is 0 Å². The molecular weight excluding hydrogens is 210 g/mol. The number of nitrogens with zero attached hydrogens (tertiary/aromatic N) is 1. The van der Waals surface area contributed by atoms with Gasteiger partial charge >= 0.3 is 0 Å². The molecule has 0 unspecified atom stereocenters. The van der Waals surface area contributed by atoms with Gasteiger partial charge in [-0.3, -0.25) is 4.90 Å². The molecule has 1 saturated carbocycles. The molecule has 92 valence electrons.